The van der Waals surface area contributed by atoms with Gasteiger partial charge in [-0.05, 0) is 48.9 Å². The molecule has 2 N–H and O–H groups in total. The Labute approximate surface area is 171 Å². The molecule has 1 saturated heterocycles. The third-order valence-corrected chi connectivity index (χ3v) is 4.95. The number of para-hydroxylation sites is 1. The maximum Gasteiger partial charge on any atom is 0.335 e. The fraction of sp³-hybridized carbons (Fsp3) is 0.0909. The van der Waals surface area contributed by atoms with Crippen molar-refractivity contribution in [1.82, 2.24) is 9.88 Å². The van der Waals surface area contributed by atoms with Gasteiger partial charge in [0.1, 0.15) is 11.6 Å². The smallest absolute Gasteiger partial charge is 0.335 e. The maximum absolute atomic E-state index is 12.9. The molecule has 3 aromatic rings. The first-order chi connectivity index (χ1) is 14.4. The predicted octanol–water partition coefficient (Wildman–Crippen LogP) is 2.95. The number of hydrogen-bond acceptors (Lipinski definition) is 4. The van der Waals surface area contributed by atoms with Crippen LogP contribution in [-0.2, 0) is 14.4 Å². The third kappa shape index (κ3) is 3.24. The lowest BCUT2D eigenvalue weighted by atomic mass is 10.1. The highest BCUT2D eigenvalue weighted by atomic mass is 16.4. The molecule has 30 heavy (non-hydrogen) atoms. The zero-order valence-electron chi connectivity index (χ0n) is 15.9. The van der Waals surface area contributed by atoms with Gasteiger partial charge in [0.05, 0.1) is 5.69 Å². The Morgan fingerprint density at radius 3 is 2.50 bits per heavy atom. The van der Waals surface area contributed by atoms with Crippen molar-refractivity contribution in [2.45, 2.75) is 13.0 Å². The van der Waals surface area contributed by atoms with Gasteiger partial charge in [-0.3, -0.25) is 14.9 Å². The number of aliphatic carboxylic acids is 1. The first-order valence-electron chi connectivity index (χ1n) is 9.17. The Balaban J connectivity index is 1.72. The molecule has 0 unspecified atom stereocenters. The SMILES string of the molecule is C[C@H](C(=O)O)n1ccc2cc(/C=C3\C(=O)NC(=O)N(c4ccccc4)C3=O)ccc21. The highest BCUT2D eigenvalue weighted by molar-refractivity contribution is 6.39. The fourth-order valence-electron chi connectivity index (χ4n) is 3.36. The van der Waals surface area contributed by atoms with Crippen LogP contribution in [0.5, 0.6) is 0 Å². The van der Waals surface area contributed by atoms with E-state index in [0.29, 0.717) is 16.8 Å². The van der Waals surface area contributed by atoms with E-state index in [9.17, 15) is 24.3 Å². The number of hydrogen-bond donors (Lipinski definition) is 2. The van der Waals surface area contributed by atoms with Crippen molar-refractivity contribution in [2.75, 3.05) is 4.90 Å². The molecular weight excluding hydrogens is 386 g/mol. The number of carboxylic acid groups (broad SMARTS) is 1. The van der Waals surface area contributed by atoms with Crippen LogP contribution in [0, 0.1) is 0 Å². The van der Waals surface area contributed by atoms with E-state index >= 15 is 0 Å². The molecule has 150 valence electrons. The van der Waals surface area contributed by atoms with Crippen LogP contribution >= 0.6 is 0 Å². The topological polar surface area (TPSA) is 109 Å². The number of carboxylic acids is 1. The molecule has 0 radical (unpaired) electrons. The quantitative estimate of drug-likeness (QED) is 0.514. The largest absolute Gasteiger partial charge is 0.480 e. The van der Waals surface area contributed by atoms with Crippen molar-refractivity contribution in [3.05, 3.63) is 71.9 Å². The van der Waals surface area contributed by atoms with Crippen LogP contribution in [0.1, 0.15) is 18.5 Å². The summed E-state index contributed by atoms with van der Waals surface area (Å²) in [5, 5.41) is 12.2. The van der Waals surface area contributed by atoms with Gasteiger partial charge < -0.3 is 9.67 Å². The van der Waals surface area contributed by atoms with Gasteiger partial charge in [0.2, 0.25) is 0 Å². The van der Waals surface area contributed by atoms with Crippen molar-refractivity contribution in [3.8, 4) is 0 Å². The number of amides is 4. The van der Waals surface area contributed by atoms with Crippen molar-refractivity contribution < 1.29 is 24.3 Å². The van der Waals surface area contributed by atoms with Gasteiger partial charge in [-0.25, -0.2) is 14.5 Å². The molecule has 2 heterocycles. The molecule has 1 aliphatic rings. The van der Waals surface area contributed by atoms with Gasteiger partial charge in [0, 0.05) is 17.1 Å². The van der Waals surface area contributed by atoms with Crippen LogP contribution in [-0.4, -0.2) is 33.5 Å². The lowest BCUT2D eigenvalue weighted by Crippen LogP contribution is -2.54. The summed E-state index contributed by atoms with van der Waals surface area (Å²) in [6.45, 7) is 1.58. The number of urea groups is 1. The Hall–Kier alpha value is -4.20. The van der Waals surface area contributed by atoms with E-state index in [0.717, 1.165) is 10.3 Å². The minimum absolute atomic E-state index is 0.170. The molecule has 2 aromatic carbocycles. The minimum Gasteiger partial charge on any atom is -0.480 e. The molecule has 4 amide bonds. The van der Waals surface area contributed by atoms with Gasteiger partial charge in [0.15, 0.2) is 0 Å². The van der Waals surface area contributed by atoms with E-state index in [2.05, 4.69) is 5.32 Å². The molecular formula is C22H17N3O5. The number of rotatable bonds is 4. The number of anilines is 1. The lowest BCUT2D eigenvalue weighted by molar-refractivity contribution is -0.140. The van der Waals surface area contributed by atoms with E-state index in [-0.39, 0.29) is 5.57 Å². The zero-order chi connectivity index (χ0) is 21.4. The zero-order valence-corrected chi connectivity index (χ0v) is 15.9. The number of aromatic nitrogens is 1. The third-order valence-electron chi connectivity index (χ3n) is 4.95. The summed E-state index contributed by atoms with van der Waals surface area (Å²) in [5.41, 5.74) is 1.47. The Kier molecular flexibility index (Phi) is 4.67. The first kappa shape index (κ1) is 19.1. The van der Waals surface area contributed by atoms with Crippen molar-refractivity contribution in [3.63, 3.8) is 0 Å². The van der Waals surface area contributed by atoms with E-state index in [1.165, 1.54) is 6.08 Å². The van der Waals surface area contributed by atoms with Crippen molar-refractivity contribution >= 4 is 46.5 Å². The second-order valence-electron chi connectivity index (χ2n) is 6.85. The van der Waals surface area contributed by atoms with E-state index in [1.54, 1.807) is 72.3 Å². The molecule has 1 aromatic heterocycles. The number of nitrogens with zero attached hydrogens (tertiary/aromatic N) is 2. The average Bonchev–Trinajstić information content (AvgIpc) is 3.14. The summed E-state index contributed by atoms with van der Waals surface area (Å²) >= 11 is 0. The minimum atomic E-state index is -0.950. The van der Waals surface area contributed by atoms with Crippen LogP contribution in [0.15, 0.2) is 66.4 Å². The molecule has 1 fully saturated rings. The number of nitrogens with one attached hydrogen (secondary N) is 1. The van der Waals surface area contributed by atoms with Crippen molar-refractivity contribution in [1.29, 1.82) is 0 Å². The van der Waals surface area contributed by atoms with Gasteiger partial charge in [0.25, 0.3) is 11.8 Å². The molecule has 0 bridgehead atoms. The van der Waals surface area contributed by atoms with Crippen LogP contribution < -0.4 is 10.2 Å². The summed E-state index contributed by atoms with van der Waals surface area (Å²) in [5.74, 6) is -2.43. The Bertz CT molecular complexity index is 1230. The number of imide groups is 2. The number of carbonyl (C=O) groups is 4. The Morgan fingerprint density at radius 1 is 1.07 bits per heavy atom. The fourth-order valence-corrected chi connectivity index (χ4v) is 3.36. The molecule has 1 atom stereocenters. The van der Waals surface area contributed by atoms with Gasteiger partial charge in [-0.2, -0.15) is 0 Å². The highest BCUT2D eigenvalue weighted by Gasteiger charge is 2.36. The van der Waals surface area contributed by atoms with Crippen LogP contribution in [0.2, 0.25) is 0 Å². The van der Waals surface area contributed by atoms with Gasteiger partial charge >= 0.3 is 12.0 Å². The Morgan fingerprint density at radius 2 is 1.80 bits per heavy atom. The molecule has 0 aliphatic carbocycles. The molecule has 0 saturated carbocycles. The van der Waals surface area contributed by atoms with Gasteiger partial charge in [-0.15, -0.1) is 0 Å². The molecule has 1 aliphatic heterocycles. The predicted molar refractivity (Wildman–Crippen MR) is 110 cm³/mol. The molecule has 8 heteroatoms. The highest BCUT2D eigenvalue weighted by Crippen LogP contribution is 2.25. The summed E-state index contributed by atoms with van der Waals surface area (Å²) in [7, 11) is 0. The molecule has 0 spiro atoms. The van der Waals surface area contributed by atoms with E-state index in [1.807, 2.05) is 0 Å². The maximum atomic E-state index is 12.9. The standard InChI is InChI=1S/C22H17N3O5/c1-13(21(28)29)24-10-9-15-11-14(7-8-18(15)24)12-17-19(26)23-22(30)25(20(17)27)16-5-3-2-4-6-16/h2-13H,1H3,(H,28,29)(H,23,26,30)/b17-12+/t13-/m1/s1. The second-order valence-corrected chi connectivity index (χ2v) is 6.85. The number of fused-ring (bicyclic) bond motifs is 1. The second kappa shape index (κ2) is 7.32. The summed E-state index contributed by atoms with van der Waals surface area (Å²) in [6.07, 6.45) is 3.09. The number of carbonyl (C=O) groups excluding carboxylic acids is 3. The van der Waals surface area contributed by atoms with E-state index < -0.39 is 29.9 Å². The van der Waals surface area contributed by atoms with Crippen molar-refractivity contribution in [2.24, 2.45) is 0 Å². The molecule has 4 rings (SSSR count). The van der Waals surface area contributed by atoms with E-state index in [4.69, 9.17) is 0 Å². The van der Waals surface area contributed by atoms with Crippen LogP contribution in [0.4, 0.5) is 10.5 Å². The monoisotopic (exact) mass is 403 g/mol. The summed E-state index contributed by atoms with van der Waals surface area (Å²) < 4.78 is 1.63. The van der Waals surface area contributed by atoms with Crippen LogP contribution in [0.3, 0.4) is 0 Å². The summed E-state index contributed by atoms with van der Waals surface area (Å²) in [4.78, 5) is 49.6. The summed E-state index contributed by atoms with van der Waals surface area (Å²) in [6, 6.07) is 13.7. The average molecular weight is 403 g/mol. The normalized spacial score (nSPS) is 16.8. The van der Waals surface area contributed by atoms with Crippen LogP contribution in [0.25, 0.3) is 17.0 Å². The molecule has 8 nitrogen and oxygen atoms in total. The van der Waals surface area contributed by atoms with Gasteiger partial charge in [-0.1, -0.05) is 24.3 Å². The number of barbiturate groups is 1. The first-order valence-corrected chi connectivity index (χ1v) is 9.17. The number of benzene rings is 2. The lowest BCUT2D eigenvalue weighted by Gasteiger charge is -2.26.